The van der Waals surface area contributed by atoms with E-state index in [-0.39, 0.29) is 6.03 Å². The van der Waals surface area contributed by atoms with Crippen LogP contribution in [0.3, 0.4) is 0 Å². The van der Waals surface area contributed by atoms with Crippen molar-refractivity contribution < 1.29 is 9.53 Å². The number of hydrogen-bond acceptors (Lipinski definition) is 4. The number of methoxy groups -OCH3 is 1. The molecule has 156 valence electrons. The molecule has 1 aromatic heterocycles. The van der Waals surface area contributed by atoms with Crippen LogP contribution in [-0.2, 0) is 19.5 Å². The van der Waals surface area contributed by atoms with Crippen molar-refractivity contribution in [2.75, 3.05) is 17.3 Å². The number of amides is 2. The van der Waals surface area contributed by atoms with Crippen LogP contribution in [-0.4, -0.2) is 27.9 Å². The molecular weight excluding hydrogens is 378 g/mol. The second-order valence-corrected chi connectivity index (χ2v) is 7.56. The Labute approximate surface area is 176 Å². The molecule has 4 rings (SSSR count). The molecule has 0 unspecified atom stereocenters. The summed E-state index contributed by atoms with van der Waals surface area (Å²) in [5, 5.41) is 7.64. The summed E-state index contributed by atoms with van der Waals surface area (Å²) in [6.07, 6.45) is 4.40. The average Bonchev–Trinajstić information content (AvgIpc) is 3.01. The molecule has 2 aromatic carbocycles. The number of carbonyl (C=O) groups excluding carboxylic acids is 1. The van der Waals surface area contributed by atoms with Crippen LogP contribution in [0, 0.1) is 6.92 Å². The van der Waals surface area contributed by atoms with Gasteiger partial charge in [-0.05, 0) is 44.0 Å². The summed E-state index contributed by atoms with van der Waals surface area (Å²) in [6, 6.07) is 15.0. The molecule has 0 spiro atoms. The van der Waals surface area contributed by atoms with Gasteiger partial charge in [-0.25, -0.2) is 14.5 Å². The van der Waals surface area contributed by atoms with Crippen LogP contribution in [0.2, 0.25) is 0 Å². The lowest BCUT2D eigenvalue weighted by Crippen LogP contribution is -2.35. The molecule has 0 aliphatic carbocycles. The Morgan fingerprint density at radius 2 is 2.00 bits per heavy atom. The SMILES string of the molecule is COc1cccc(NC(=O)N(Cc2nc3n(n2)CCCCC3)c2ccc(C)cc2)c1. The van der Waals surface area contributed by atoms with E-state index in [1.54, 1.807) is 18.1 Å². The monoisotopic (exact) mass is 405 g/mol. The molecule has 2 amide bonds. The lowest BCUT2D eigenvalue weighted by Gasteiger charge is -2.22. The molecule has 0 bridgehead atoms. The third-order valence-corrected chi connectivity index (χ3v) is 5.27. The van der Waals surface area contributed by atoms with Gasteiger partial charge in [0.15, 0.2) is 5.82 Å². The minimum absolute atomic E-state index is 0.239. The van der Waals surface area contributed by atoms with Crippen LogP contribution in [0.15, 0.2) is 48.5 Å². The maximum absolute atomic E-state index is 13.2. The maximum Gasteiger partial charge on any atom is 0.326 e. The van der Waals surface area contributed by atoms with Gasteiger partial charge in [0.2, 0.25) is 0 Å². The van der Waals surface area contributed by atoms with Crippen molar-refractivity contribution in [3.05, 3.63) is 65.7 Å². The van der Waals surface area contributed by atoms with Crippen LogP contribution in [0.25, 0.3) is 0 Å². The molecule has 3 aromatic rings. The van der Waals surface area contributed by atoms with Gasteiger partial charge in [-0.15, -0.1) is 0 Å². The summed E-state index contributed by atoms with van der Waals surface area (Å²) >= 11 is 0. The van der Waals surface area contributed by atoms with E-state index in [1.165, 1.54) is 6.42 Å². The number of urea groups is 1. The van der Waals surface area contributed by atoms with Gasteiger partial charge in [0, 0.05) is 30.4 Å². The summed E-state index contributed by atoms with van der Waals surface area (Å²) in [4.78, 5) is 19.6. The van der Waals surface area contributed by atoms with Gasteiger partial charge in [0.05, 0.1) is 13.7 Å². The fraction of sp³-hybridized carbons (Fsp3) is 0.348. The Balaban J connectivity index is 1.59. The zero-order valence-corrected chi connectivity index (χ0v) is 17.5. The molecule has 7 nitrogen and oxygen atoms in total. The molecule has 0 atom stereocenters. The Morgan fingerprint density at radius 3 is 2.80 bits per heavy atom. The van der Waals surface area contributed by atoms with Gasteiger partial charge in [-0.2, -0.15) is 5.10 Å². The number of carbonyl (C=O) groups is 1. The summed E-state index contributed by atoms with van der Waals surface area (Å²) in [5.41, 5.74) is 2.61. The van der Waals surface area contributed by atoms with Gasteiger partial charge >= 0.3 is 6.03 Å². The smallest absolute Gasteiger partial charge is 0.326 e. The zero-order chi connectivity index (χ0) is 20.9. The number of fused-ring (bicyclic) bond motifs is 1. The van der Waals surface area contributed by atoms with E-state index in [1.807, 2.05) is 54.1 Å². The van der Waals surface area contributed by atoms with Gasteiger partial charge in [0.25, 0.3) is 0 Å². The number of ether oxygens (including phenoxy) is 1. The van der Waals surface area contributed by atoms with Crippen LogP contribution in [0.4, 0.5) is 16.2 Å². The van der Waals surface area contributed by atoms with Crippen LogP contribution < -0.4 is 15.0 Å². The second-order valence-electron chi connectivity index (χ2n) is 7.56. The summed E-state index contributed by atoms with van der Waals surface area (Å²) in [5.74, 6) is 2.36. The van der Waals surface area contributed by atoms with E-state index in [0.29, 0.717) is 23.8 Å². The zero-order valence-electron chi connectivity index (χ0n) is 17.5. The van der Waals surface area contributed by atoms with Crippen LogP contribution >= 0.6 is 0 Å². The summed E-state index contributed by atoms with van der Waals surface area (Å²) in [7, 11) is 1.61. The molecule has 1 aliphatic heterocycles. The van der Waals surface area contributed by atoms with E-state index in [4.69, 9.17) is 9.72 Å². The van der Waals surface area contributed by atoms with Gasteiger partial charge in [-0.1, -0.05) is 30.2 Å². The molecular formula is C23H27N5O2. The van der Waals surface area contributed by atoms with Crippen molar-refractivity contribution in [1.29, 1.82) is 0 Å². The van der Waals surface area contributed by atoms with Crippen molar-refractivity contribution in [1.82, 2.24) is 14.8 Å². The molecule has 0 radical (unpaired) electrons. The van der Waals surface area contributed by atoms with Crippen molar-refractivity contribution in [3.8, 4) is 5.75 Å². The van der Waals surface area contributed by atoms with Crippen molar-refractivity contribution in [2.24, 2.45) is 0 Å². The highest BCUT2D eigenvalue weighted by atomic mass is 16.5. The van der Waals surface area contributed by atoms with Gasteiger partial charge in [-0.3, -0.25) is 4.90 Å². The molecule has 0 saturated carbocycles. The highest BCUT2D eigenvalue weighted by Gasteiger charge is 2.21. The standard InChI is InChI=1S/C23H27N5O2/c1-17-10-12-19(13-11-17)27(23(29)24-18-7-6-8-20(15-18)30-2)16-21-25-22-9-4-3-5-14-28(22)26-21/h6-8,10-13,15H,3-5,9,14,16H2,1-2H3,(H,24,29). The Bertz CT molecular complexity index is 989. The topological polar surface area (TPSA) is 72.3 Å². The molecule has 30 heavy (non-hydrogen) atoms. The predicted molar refractivity (Wildman–Crippen MR) is 117 cm³/mol. The Hall–Kier alpha value is -3.35. The minimum atomic E-state index is -0.239. The summed E-state index contributed by atoms with van der Waals surface area (Å²) in [6.45, 7) is 3.22. The highest BCUT2D eigenvalue weighted by Crippen LogP contribution is 2.22. The first-order chi connectivity index (χ1) is 14.6. The molecule has 2 heterocycles. The molecule has 0 saturated heterocycles. The number of anilines is 2. The molecule has 7 heteroatoms. The first-order valence-electron chi connectivity index (χ1n) is 10.3. The lowest BCUT2D eigenvalue weighted by molar-refractivity contribution is 0.256. The van der Waals surface area contributed by atoms with Crippen molar-refractivity contribution in [3.63, 3.8) is 0 Å². The van der Waals surface area contributed by atoms with E-state index in [0.717, 1.165) is 42.9 Å². The molecule has 0 fully saturated rings. The molecule has 1 N–H and O–H groups in total. The quantitative estimate of drug-likeness (QED) is 0.675. The van der Waals surface area contributed by atoms with Crippen LogP contribution in [0.5, 0.6) is 5.75 Å². The number of hydrogen-bond donors (Lipinski definition) is 1. The fourth-order valence-electron chi connectivity index (χ4n) is 3.62. The first-order valence-corrected chi connectivity index (χ1v) is 10.3. The number of benzene rings is 2. The number of aryl methyl sites for hydroxylation is 3. The normalized spacial score (nSPS) is 13.3. The number of nitrogens with one attached hydrogen (secondary N) is 1. The van der Waals surface area contributed by atoms with E-state index < -0.39 is 0 Å². The van der Waals surface area contributed by atoms with Crippen molar-refractivity contribution in [2.45, 2.75) is 45.7 Å². The third-order valence-electron chi connectivity index (χ3n) is 5.27. The van der Waals surface area contributed by atoms with Crippen LogP contribution in [0.1, 0.15) is 36.5 Å². The van der Waals surface area contributed by atoms with E-state index >= 15 is 0 Å². The van der Waals surface area contributed by atoms with E-state index in [2.05, 4.69) is 10.4 Å². The number of aromatic nitrogens is 3. The Kier molecular flexibility index (Phi) is 5.97. The maximum atomic E-state index is 13.2. The molecule has 1 aliphatic rings. The number of nitrogens with zero attached hydrogens (tertiary/aromatic N) is 4. The third kappa shape index (κ3) is 4.62. The first kappa shape index (κ1) is 19.9. The van der Waals surface area contributed by atoms with E-state index in [9.17, 15) is 4.79 Å². The van der Waals surface area contributed by atoms with Gasteiger partial charge < -0.3 is 10.1 Å². The fourth-order valence-corrected chi connectivity index (χ4v) is 3.62. The Morgan fingerprint density at radius 1 is 1.17 bits per heavy atom. The minimum Gasteiger partial charge on any atom is -0.497 e. The number of rotatable bonds is 5. The highest BCUT2D eigenvalue weighted by molar-refractivity contribution is 6.01. The van der Waals surface area contributed by atoms with Crippen molar-refractivity contribution >= 4 is 17.4 Å². The second kappa shape index (κ2) is 8.98. The summed E-state index contributed by atoms with van der Waals surface area (Å²) < 4.78 is 7.26. The average molecular weight is 406 g/mol. The van der Waals surface area contributed by atoms with Gasteiger partial charge in [0.1, 0.15) is 11.6 Å². The lowest BCUT2D eigenvalue weighted by atomic mass is 10.2. The predicted octanol–water partition coefficient (Wildman–Crippen LogP) is 4.56. The largest absolute Gasteiger partial charge is 0.497 e.